The van der Waals surface area contributed by atoms with Crippen LogP contribution in [0.25, 0.3) is 0 Å². The molecule has 3 atom stereocenters. The number of aliphatic hydroxyl groups is 1. The summed E-state index contributed by atoms with van der Waals surface area (Å²) in [5.74, 6) is 0. The minimum absolute atomic E-state index is 0.0330. The summed E-state index contributed by atoms with van der Waals surface area (Å²) >= 11 is 0. The summed E-state index contributed by atoms with van der Waals surface area (Å²) < 4.78 is 11.5. The molecule has 0 spiro atoms. The smallest absolute Gasteiger partial charge is 0.157 e. The van der Waals surface area contributed by atoms with Crippen LogP contribution in [0.4, 0.5) is 0 Å². The van der Waals surface area contributed by atoms with E-state index < -0.39 is 0 Å². The van der Waals surface area contributed by atoms with E-state index in [0.717, 1.165) is 45.1 Å². The summed E-state index contributed by atoms with van der Waals surface area (Å²) in [5.41, 5.74) is 0. The van der Waals surface area contributed by atoms with E-state index >= 15 is 0 Å². The van der Waals surface area contributed by atoms with Crippen molar-refractivity contribution in [1.82, 2.24) is 0 Å². The van der Waals surface area contributed by atoms with E-state index in [9.17, 15) is 5.11 Å². The van der Waals surface area contributed by atoms with Crippen LogP contribution in [-0.4, -0.2) is 30.2 Å². The molecular formula is C13H26O3. The Morgan fingerprint density at radius 1 is 1.38 bits per heavy atom. The number of hydrogen-bond donors (Lipinski definition) is 1. The lowest BCUT2D eigenvalue weighted by atomic mass is 10.1. The lowest BCUT2D eigenvalue weighted by molar-refractivity contribution is -0.194. The maximum Gasteiger partial charge on any atom is 0.157 e. The Morgan fingerprint density at radius 3 is 2.75 bits per heavy atom. The van der Waals surface area contributed by atoms with Crippen LogP contribution < -0.4 is 0 Å². The third kappa shape index (κ3) is 5.28. The first-order chi connectivity index (χ1) is 7.76. The first-order valence-corrected chi connectivity index (χ1v) is 6.71. The van der Waals surface area contributed by atoms with Crippen molar-refractivity contribution in [1.29, 1.82) is 0 Å². The van der Waals surface area contributed by atoms with Gasteiger partial charge in [-0.2, -0.15) is 0 Å². The normalized spacial score (nSPS) is 25.3. The minimum atomic E-state index is -0.236. The Balaban J connectivity index is 2.30. The second-order valence-electron chi connectivity index (χ2n) is 4.64. The zero-order valence-electron chi connectivity index (χ0n) is 10.7. The molecule has 1 aliphatic rings. The first kappa shape index (κ1) is 13.9. The highest BCUT2D eigenvalue weighted by atomic mass is 16.7. The Bertz CT molecular complexity index is 167. The van der Waals surface area contributed by atoms with Gasteiger partial charge >= 0.3 is 0 Å². The molecule has 0 bridgehead atoms. The van der Waals surface area contributed by atoms with Crippen LogP contribution in [0.3, 0.4) is 0 Å². The molecule has 0 aliphatic carbocycles. The van der Waals surface area contributed by atoms with Crippen molar-refractivity contribution in [3.05, 3.63) is 0 Å². The van der Waals surface area contributed by atoms with Gasteiger partial charge in [-0.05, 0) is 38.5 Å². The Labute approximate surface area is 99.1 Å². The van der Waals surface area contributed by atoms with Gasteiger partial charge in [-0.25, -0.2) is 0 Å². The lowest BCUT2D eigenvalue weighted by Gasteiger charge is -2.28. The maximum atomic E-state index is 9.66. The molecule has 3 unspecified atom stereocenters. The van der Waals surface area contributed by atoms with Crippen molar-refractivity contribution >= 4 is 0 Å². The molecular weight excluding hydrogens is 204 g/mol. The van der Waals surface area contributed by atoms with Crippen molar-refractivity contribution in [2.75, 3.05) is 6.61 Å². The quantitative estimate of drug-likeness (QED) is 0.731. The van der Waals surface area contributed by atoms with Gasteiger partial charge in [0.1, 0.15) is 0 Å². The largest absolute Gasteiger partial charge is 0.393 e. The van der Waals surface area contributed by atoms with Gasteiger partial charge in [0.05, 0.1) is 12.2 Å². The molecule has 1 saturated heterocycles. The highest BCUT2D eigenvalue weighted by Gasteiger charge is 2.21. The molecule has 3 nitrogen and oxygen atoms in total. The predicted molar refractivity (Wildman–Crippen MR) is 64.3 cm³/mol. The minimum Gasteiger partial charge on any atom is -0.393 e. The molecule has 0 aromatic carbocycles. The molecule has 0 aromatic heterocycles. The molecule has 96 valence electrons. The van der Waals surface area contributed by atoms with Crippen LogP contribution in [0.15, 0.2) is 0 Å². The van der Waals surface area contributed by atoms with E-state index in [0.29, 0.717) is 0 Å². The summed E-state index contributed by atoms with van der Waals surface area (Å²) in [6.07, 6.45) is 6.87. The zero-order valence-corrected chi connectivity index (χ0v) is 10.7. The molecule has 1 rings (SSSR count). The fraction of sp³-hybridized carbons (Fsp3) is 1.00. The first-order valence-electron chi connectivity index (χ1n) is 6.71. The van der Waals surface area contributed by atoms with Gasteiger partial charge in [-0.1, -0.05) is 20.3 Å². The van der Waals surface area contributed by atoms with Gasteiger partial charge < -0.3 is 14.6 Å². The van der Waals surface area contributed by atoms with Gasteiger partial charge in [0.15, 0.2) is 6.29 Å². The molecule has 3 heteroatoms. The van der Waals surface area contributed by atoms with Gasteiger partial charge in [0, 0.05) is 6.61 Å². The highest BCUT2D eigenvalue weighted by Crippen LogP contribution is 2.20. The maximum absolute atomic E-state index is 9.66. The third-order valence-electron chi connectivity index (χ3n) is 3.10. The Morgan fingerprint density at radius 2 is 2.19 bits per heavy atom. The molecule has 16 heavy (non-hydrogen) atoms. The van der Waals surface area contributed by atoms with Gasteiger partial charge in [-0.3, -0.25) is 0 Å². The SMILES string of the molecule is CCCC(CC(O)CC)OC1CCCCO1. The fourth-order valence-corrected chi connectivity index (χ4v) is 2.07. The second-order valence-corrected chi connectivity index (χ2v) is 4.64. The van der Waals surface area contributed by atoms with Crippen molar-refractivity contribution in [3.8, 4) is 0 Å². The van der Waals surface area contributed by atoms with Crippen LogP contribution in [0.2, 0.25) is 0 Å². The van der Waals surface area contributed by atoms with Crippen LogP contribution in [0.5, 0.6) is 0 Å². The number of rotatable bonds is 7. The molecule has 1 heterocycles. The zero-order chi connectivity index (χ0) is 11.8. The second kappa shape index (κ2) is 8.04. The summed E-state index contributed by atoms with van der Waals surface area (Å²) in [5, 5.41) is 9.66. The van der Waals surface area contributed by atoms with E-state index in [4.69, 9.17) is 9.47 Å². The molecule has 1 aliphatic heterocycles. The molecule has 0 aromatic rings. The topological polar surface area (TPSA) is 38.7 Å². The van der Waals surface area contributed by atoms with E-state index in [-0.39, 0.29) is 18.5 Å². The van der Waals surface area contributed by atoms with Crippen LogP contribution in [0.1, 0.15) is 58.8 Å². The third-order valence-corrected chi connectivity index (χ3v) is 3.10. The van der Waals surface area contributed by atoms with Crippen LogP contribution in [0, 0.1) is 0 Å². The van der Waals surface area contributed by atoms with Gasteiger partial charge in [-0.15, -0.1) is 0 Å². The van der Waals surface area contributed by atoms with Crippen LogP contribution in [-0.2, 0) is 9.47 Å². The molecule has 1 N–H and O–H groups in total. The van der Waals surface area contributed by atoms with E-state index in [1.165, 1.54) is 6.42 Å². The van der Waals surface area contributed by atoms with Crippen molar-refractivity contribution in [3.63, 3.8) is 0 Å². The summed E-state index contributed by atoms with van der Waals surface area (Å²) in [6.45, 7) is 4.97. The summed E-state index contributed by atoms with van der Waals surface area (Å²) in [7, 11) is 0. The fourth-order valence-electron chi connectivity index (χ4n) is 2.07. The van der Waals surface area contributed by atoms with Crippen molar-refractivity contribution in [2.24, 2.45) is 0 Å². The van der Waals surface area contributed by atoms with E-state index in [2.05, 4.69) is 6.92 Å². The standard InChI is InChI=1S/C13H26O3/c1-3-7-12(10-11(14)4-2)16-13-8-5-6-9-15-13/h11-14H,3-10H2,1-2H3. The van der Waals surface area contributed by atoms with Gasteiger partial charge in [0.2, 0.25) is 0 Å². The number of ether oxygens (including phenoxy) is 2. The molecule has 0 radical (unpaired) electrons. The lowest BCUT2D eigenvalue weighted by Crippen LogP contribution is -2.30. The summed E-state index contributed by atoms with van der Waals surface area (Å²) in [4.78, 5) is 0. The van der Waals surface area contributed by atoms with E-state index in [1.54, 1.807) is 0 Å². The van der Waals surface area contributed by atoms with Crippen molar-refractivity contribution in [2.45, 2.75) is 77.3 Å². The number of aliphatic hydroxyl groups excluding tert-OH is 1. The predicted octanol–water partition coefficient (Wildman–Crippen LogP) is 2.86. The van der Waals surface area contributed by atoms with E-state index in [1.807, 2.05) is 6.92 Å². The van der Waals surface area contributed by atoms with Gasteiger partial charge in [0.25, 0.3) is 0 Å². The van der Waals surface area contributed by atoms with Crippen molar-refractivity contribution < 1.29 is 14.6 Å². The average molecular weight is 230 g/mol. The number of hydrogen-bond acceptors (Lipinski definition) is 3. The average Bonchev–Trinajstić information content (AvgIpc) is 2.30. The molecule has 1 fully saturated rings. The molecule has 0 amide bonds. The summed E-state index contributed by atoms with van der Waals surface area (Å²) in [6, 6.07) is 0. The monoisotopic (exact) mass is 230 g/mol. The highest BCUT2D eigenvalue weighted by molar-refractivity contribution is 4.66. The van der Waals surface area contributed by atoms with Crippen LogP contribution >= 0.6 is 0 Å². The Hall–Kier alpha value is -0.120. The Kier molecular flexibility index (Phi) is 7.01. The molecule has 0 saturated carbocycles.